The Morgan fingerprint density at radius 1 is 1.31 bits per heavy atom. The van der Waals surface area contributed by atoms with Gasteiger partial charge in [0.15, 0.2) is 4.73 Å². The Morgan fingerprint density at radius 3 is 2.31 bits per heavy atom. The summed E-state index contributed by atoms with van der Waals surface area (Å²) < 4.78 is 37.1. The molecule has 1 heterocycles. The van der Waals surface area contributed by atoms with E-state index in [-0.39, 0.29) is 16.0 Å². The molecular formula is C5H4Br2F3N3. The third kappa shape index (κ3) is 3.63. The number of aryl methyl sites for hydroxylation is 1. The number of alkyl halides is 3. The Labute approximate surface area is 88.6 Å². The van der Waals surface area contributed by atoms with Crippen molar-refractivity contribution in [1.29, 1.82) is 0 Å². The van der Waals surface area contributed by atoms with Crippen LogP contribution in [0.4, 0.5) is 13.2 Å². The van der Waals surface area contributed by atoms with Gasteiger partial charge in [-0.2, -0.15) is 18.2 Å². The number of halogens is 5. The highest BCUT2D eigenvalue weighted by atomic mass is 79.9. The van der Waals surface area contributed by atoms with Crippen molar-refractivity contribution >= 4 is 31.9 Å². The molecule has 0 aliphatic rings. The number of hydrogen-bond donors (Lipinski definition) is 0. The molecule has 74 valence electrons. The summed E-state index contributed by atoms with van der Waals surface area (Å²) in [5.74, 6) is 0. The van der Waals surface area contributed by atoms with Gasteiger partial charge in [0, 0.05) is 0 Å². The molecule has 1 rings (SSSR count). The second-order valence-electron chi connectivity index (χ2n) is 2.24. The van der Waals surface area contributed by atoms with Crippen LogP contribution in [-0.2, 0) is 6.54 Å². The standard InChI is InChI=1S/C5H4Br2F3N3/c6-3-11-4(7)13(12-3)2-1-5(8,9)10/h1-2H2. The summed E-state index contributed by atoms with van der Waals surface area (Å²) in [6.07, 6.45) is -5.08. The van der Waals surface area contributed by atoms with E-state index in [9.17, 15) is 13.2 Å². The van der Waals surface area contributed by atoms with Gasteiger partial charge >= 0.3 is 6.18 Å². The van der Waals surface area contributed by atoms with Gasteiger partial charge in [-0.3, -0.25) is 0 Å². The lowest BCUT2D eigenvalue weighted by Crippen LogP contribution is -2.13. The first-order valence-electron chi connectivity index (χ1n) is 3.21. The molecule has 0 unspecified atom stereocenters. The van der Waals surface area contributed by atoms with Crippen LogP contribution in [0.2, 0.25) is 0 Å². The van der Waals surface area contributed by atoms with Gasteiger partial charge in [-0.05, 0) is 31.9 Å². The first-order chi connectivity index (χ1) is 5.88. The fourth-order valence-corrected chi connectivity index (χ4v) is 1.69. The van der Waals surface area contributed by atoms with E-state index in [1.165, 1.54) is 0 Å². The molecule has 3 nitrogen and oxygen atoms in total. The van der Waals surface area contributed by atoms with Crippen LogP contribution < -0.4 is 0 Å². The topological polar surface area (TPSA) is 30.7 Å². The minimum Gasteiger partial charge on any atom is -0.239 e. The molecule has 0 saturated heterocycles. The predicted octanol–water partition coefficient (Wildman–Crippen LogP) is 2.76. The third-order valence-corrected chi connectivity index (χ3v) is 2.13. The minimum absolute atomic E-state index is 0.233. The summed E-state index contributed by atoms with van der Waals surface area (Å²) >= 11 is 5.93. The Bertz CT molecular complexity index is 296. The summed E-state index contributed by atoms with van der Waals surface area (Å²) in [6, 6.07) is 0. The van der Waals surface area contributed by atoms with Gasteiger partial charge in [0.25, 0.3) is 0 Å². The number of hydrogen-bond acceptors (Lipinski definition) is 2. The molecule has 0 aliphatic heterocycles. The van der Waals surface area contributed by atoms with Gasteiger partial charge in [-0.25, -0.2) is 4.68 Å². The molecule has 0 aliphatic carbocycles. The van der Waals surface area contributed by atoms with Crippen LogP contribution in [-0.4, -0.2) is 20.9 Å². The largest absolute Gasteiger partial charge is 0.390 e. The highest BCUT2D eigenvalue weighted by Crippen LogP contribution is 2.21. The zero-order valence-corrected chi connectivity index (χ0v) is 9.32. The molecule has 1 aromatic rings. The van der Waals surface area contributed by atoms with Crippen LogP contribution in [0.1, 0.15) is 6.42 Å². The van der Waals surface area contributed by atoms with Crippen LogP contribution in [0.5, 0.6) is 0 Å². The van der Waals surface area contributed by atoms with Crippen LogP contribution in [0.15, 0.2) is 9.47 Å². The SMILES string of the molecule is FC(F)(F)CCn1nc(Br)nc1Br. The molecule has 0 saturated carbocycles. The monoisotopic (exact) mass is 321 g/mol. The van der Waals surface area contributed by atoms with Gasteiger partial charge in [0.05, 0.1) is 13.0 Å². The number of nitrogens with zero attached hydrogens (tertiary/aromatic N) is 3. The molecule has 0 radical (unpaired) electrons. The first-order valence-corrected chi connectivity index (χ1v) is 4.80. The molecule has 1 aromatic heterocycles. The second-order valence-corrected chi connectivity index (χ2v) is 3.66. The summed E-state index contributed by atoms with van der Waals surface area (Å²) in [5.41, 5.74) is 0. The Kier molecular flexibility index (Phi) is 3.33. The van der Waals surface area contributed by atoms with Crippen molar-refractivity contribution in [2.24, 2.45) is 0 Å². The summed E-state index contributed by atoms with van der Waals surface area (Å²) in [4.78, 5) is 3.73. The summed E-state index contributed by atoms with van der Waals surface area (Å²) in [5, 5.41) is 3.69. The molecule has 8 heteroatoms. The van der Waals surface area contributed by atoms with Gasteiger partial charge in [0.2, 0.25) is 4.73 Å². The maximum absolute atomic E-state index is 11.8. The average molecular weight is 323 g/mol. The summed E-state index contributed by atoms with van der Waals surface area (Å²) in [7, 11) is 0. The Balaban J connectivity index is 2.59. The maximum atomic E-state index is 11.8. The van der Waals surface area contributed by atoms with E-state index < -0.39 is 12.6 Å². The molecular weight excluding hydrogens is 319 g/mol. The van der Waals surface area contributed by atoms with Crippen LogP contribution in [0.25, 0.3) is 0 Å². The van der Waals surface area contributed by atoms with E-state index in [2.05, 4.69) is 41.9 Å². The molecule has 13 heavy (non-hydrogen) atoms. The fraction of sp³-hybridized carbons (Fsp3) is 0.600. The zero-order valence-electron chi connectivity index (χ0n) is 6.15. The molecule has 0 spiro atoms. The Hall–Kier alpha value is -0.110. The van der Waals surface area contributed by atoms with Crippen LogP contribution in [0.3, 0.4) is 0 Å². The van der Waals surface area contributed by atoms with E-state index >= 15 is 0 Å². The van der Waals surface area contributed by atoms with E-state index in [1.54, 1.807) is 0 Å². The smallest absolute Gasteiger partial charge is 0.239 e. The quantitative estimate of drug-likeness (QED) is 0.838. The third-order valence-electron chi connectivity index (χ3n) is 1.21. The normalized spacial score (nSPS) is 12.1. The zero-order chi connectivity index (χ0) is 10.1. The van der Waals surface area contributed by atoms with Gasteiger partial charge in [-0.15, -0.1) is 5.10 Å². The van der Waals surface area contributed by atoms with Crippen molar-refractivity contribution in [3.8, 4) is 0 Å². The van der Waals surface area contributed by atoms with Gasteiger partial charge in [-0.1, -0.05) is 0 Å². The van der Waals surface area contributed by atoms with E-state index in [0.29, 0.717) is 0 Å². The molecule has 0 bridgehead atoms. The van der Waals surface area contributed by atoms with Crippen molar-refractivity contribution in [3.63, 3.8) is 0 Å². The van der Waals surface area contributed by atoms with Crippen molar-refractivity contribution in [2.75, 3.05) is 0 Å². The van der Waals surface area contributed by atoms with Crippen LogP contribution in [0, 0.1) is 0 Å². The lowest BCUT2D eigenvalue weighted by atomic mass is 10.4. The van der Waals surface area contributed by atoms with E-state index in [1.807, 2.05) is 0 Å². The number of rotatable bonds is 2. The second kappa shape index (κ2) is 3.95. The van der Waals surface area contributed by atoms with Gasteiger partial charge < -0.3 is 0 Å². The first kappa shape index (κ1) is 11.0. The molecule has 0 fully saturated rings. The number of aromatic nitrogens is 3. The van der Waals surface area contributed by atoms with E-state index in [4.69, 9.17) is 0 Å². The fourth-order valence-electron chi connectivity index (χ4n) is 0.672. The lowest BCUT2D eigenvalue weighted by Gasteiger charge is -2.05. The molecule has 0 aromatic carbocycles. The van der Waals surface area contributed by atoms with Crippen molar-refractivity contribution in [1.82, 2.24) is 14.8 Å². The maximum Gasteiger partial charge on any atom is 0.390 e. The predicted molar refractivity (Wildman–Crippen MR) is 46.1 cm³/mol. The molecule has 0 atom stereocenters. The van der Waals surface area contributed by atoms with Crippen molar-refractivity contribution in [3.05, 3.63) is 9.47 Å². The van der Waals surface area contributed by atoms with Crippen molar-refractivity contribution in [2.45, 2.75) is 19.1 Å². The lowest BCUT2D eigenvalue weighted by molar-refractivity contribution is -0.137. The Morgan fingerprint density at radius 2 is 1.92 bits per heavy atom. The summed E-state index contributed by atoms with van der Waals surface area (Å²) in [6.45, 7) is -0.233. The van der Waals surface area contributed by atoms with E-state index in [0.717, 1.165) is 4.68 Å². The van der Waals surface area contributed by atoms with Crippen LogP contribution >= 0.6 is 31.9 Å². The highest BCUT2D eigenvalue weighted by molar-refractivity contribution is 9.11. The molecule has 0 N–H and O–H groups in total. The highest BCUT2D eigenvalue weighted by Gasteiger charge is 2.27. The van der Waals surface area contributed by atoms with Gasteiger partial charge in [0.1, 0.15) is 0 Å². The molecule has 0 amide bonds. The average Bonchev–Trinajstić information content (AvgIpc) is 2.24. The van der Waals surface area contributed by atoms with Crippen molar-refractivity contribution < 1.29 is 13.2 Å². The minimum atomic E-state index is -4.17.